The number of hydrogen-bond acceptors (Lipinski definition) is 4. The van der Waals surface area contributed by atoms with Crippen LogP contribution in [0.5, 0.6) is 11.5 Å². The fourth-order valence-electron chi connectivity index (χ4n) is 4.36. The van der Waals surface area contributed by atoms with Crippen LogP contribution in [0.15, 0.2) is 97.1 Å². The predicted octanol–water partition coefficient (Wildman–Crippen LogP) is 5.79. The van der Waals surface area contributed by atoms with E-state index in [1.54, 1.807) is 18.2 Å². The van der Waals surface area contributed by atoms with Gasteiger partial charge in [0, 0.05) is 23.4 Å². The van der Waals surface area contributed by atoms with Crippen LogP contribution in [-0.4, -0.2) is 22.3 Å². The number of aryl methyl sites for hydroxylation is 2. The molecule has 1 aromatic heterocycles. The molecule has 0 unspecified atom stereocenters. The molecule has 6 heteroatoms. The van der Waals surface area contributed by atoms with Crippen molar-refractivity contribution in [1.82, 2.24) is 9.55 Å². The summed E-state index contributed by atoms with van der Waals surface area (Å²) in [7, 11) is 0. The number of nitrogens with one attached hydrogen (secondary N) is 1. The van der Waals surface area contributed by atoms with Crippen molar-refractivity contribution in [2.75, 3.05) is 12.1 Å². The number of ether oxygens (including phenoxy) is 2. The van der Waals surface area contributed by atoms with E-state index in [1.165, 1.54) is 5.56 Å². The van der Waals surface area contributed by atoms with Crippen molar-refractivity contribution in [3.05, 3.63) is 114 Å². The molecule has 1 aliphatic rings. The molecule has 5 aromatic rings. The average Bonchev–Trinajstić information content (AvgIpc) is 3.52. The quantitative estimate of drug-likeness (QED) is 0.348. The molecular weight excluding hydrogens is 438 g/mol. The maximum atomic E-state index is 12.6. The van der Waals surface area contributed by atoms with Gasteiger partial charge in [0.2, 0.25) is 6.79 Å². The molecule has 0 radical (unpaired) electrons. The van der Waals surface area contributed by atoms with Gasteiger partial charge in [0.15, 0.2) is 11.5 Å². The van der Waals surface area contributed by atoms with Gasteiger partial charge in [-0.05, 0) is 66.6 Å². The van der Waals surface area contributed by atoms with E-state index in [2.05, 4.69) is 34.1 Å². The van der Waals surface area contributed by atoms with Crippen LogP contribution < -0.4 is 14.8 Å². The van der Waals surface area contributed by atoms with Gasteiger partial charge in [-0.3, -0.25) is 9.36 Å². The Morgan fingerprint density at radius 3 is 2.46 bits per heavy atom. The average molecular weight is 462 g/mol. The van der Waals surface area contributed by atoms with Gasteiger partial charge in [0.25, 0.3) is 5.91 Å². The molecule has 1 N–H and O–H groups in total. The Morgan fingerprint density at radius 2 is 1.60 bits per heavy atom. The first-order chi connectivity index (χ1) is 17.2. The topological polar surface area (TPSA) is 65.4 Å². The first-order valence-corrected chi connectivity index (χ1v) is 11.6. The molecule has 0 atom stereocenters. The minimum Gasteiger partial charge on any atom is -0.454 e. The van der Waals surface area contributed by atoms with Gasteiger partial charge < -0.3 is 14.8 Å². The standard InChI is InChI=1S/C29H23N3O3/c33-29(21-13-16-26-27(18-21)35-19-34-26)30-22-14-10-20(11-15-22)12-17-28-31-24-8-4-5-9-25(24)32(28)23-6-2-1-3-7-23/h1-11,13-16,18H,12,17,19H2,(H,30,33). The monoisotopic (exact) mass is 461 g/mol. The lowest BCUT2D eigenvalue weighted by molar-refractivity contribution is 0.102. The van der Waals surface area contributed by atoms with E-state index < -0.39 is 0 Å². The highest BCUT2D eigenvalue weighted by atomic mass is 16.7. The molecule has 4 aromatic carbocycles. The third kappa shape index (κ3) is 4.22. The summed E-state index contributed by atoms with van der Waals surface area (Å²) in [6, 6.07) is 31.7. The molecule has 1 amide bonds. The van der Waals surface area contributed by atoms with Crippen molar-refractivity contribution in [3.8, 4) is 17.2 Å². The number of rotatable bonds is 6. The second kappa shape index (κ2) is 8.99. The Balaban J connectivity index is 1.16. The smallest absolute Gasteiger partial charge is 0.255 e. The Labute approximate surface area is 202 Å². The van der Waals surface area contributed by atoms with Crippen molar-refractivity contribution >= 4 is 22.6 Å². The minimum atomic E-state index is -0.187. The first kappa shape index (κ1) is 21.0. The van der Waals surface area contributed by atoms with Crippen molar-refractivity contribution < 1.29 is 14.3 Å². The molecule has 0 saturated carbocycles. The Hall–Kier alpha value is -4.58. The summed E-state index contributed by atoms with van der Waals surface area (Å²) in [5.74, 6) is 2.09. The zero-order valence-corrected chi connectivity index (χ0v) is 19.0. The zero-order valence-electron chi connectivity index (χ0n) is 19.0. The highest BCUT2D eigenvalue weighted by Gasteiger charge is 2.16. The third-order valence-corrected chi connectivity index (χ3v) is 6.13. The van der Waals surface area contributed by atoms with Crippen molar-refractivity contribution in [3.63, 3.8) is 0 Å². The lowest BCUT2D eigenvalue weighted by Gasteiger charge is -2.10. The summed E-state index contributed by atoms with van der Waals surface area (Å²) in [5.41, 5.74) is 5.66. The molecule has 172 valence electrons. The molecule has 0 fully saturated rings. The number of aromatic nitrogens is 2. The minimum absolute atomic E-state index is 0.184. The number of para-hydroxylation sites is 3. The molecule has 1 aliphatic heterocycles. The lowest BCUT2D eigenvalue weighted by Crippen LogP contribution is -2.11. The fraction of sp³-hybridized carbons (Fsp3) is 0.103. The largest absolute Gasteiger partial charge is 0.454 e. The Morgan fingerprint density at radius 1 is 0.829 bits per heavy atom. The molecular formula is C29H23N3O3. The van der Waals surface area contributed by atoms with Crippen molar-refractivity contribution in [2.45, 2.75) is 12.8 Å². The van der Waals surface area contributed by atoms with Crippen LogP contribution in [0.3, 0.4) is 0 Å². The summed E-state index contributed by atoms with van der Waals surface area (Å²) in [4.78, 5) is 17.6. The van der Waals surface area contributed by atoms with Gasteiger partial charge in [0.05, 0.1) is 11.0 Å². The van der Waals surface area contributed by atoms with Gasteiger partial charge in [-0.1, -0.05) is 42.5 Å². The van der Waals surface area contributed by atoms with Gasteiger partial charge in [-0.2, -0.15) is 0 Å². The van der Waals surface area contributed by atoms with Crippen molar-refractivity contribution in [1.29, 1.82) is 0 Å². The van der Waals surface area contributed by atoms with Crippen LogP contribution in [0.1, 0.15) is 21.7 Å². The normalized spacial score (nSPS) is 12.1. The highest BCUT2D eigenvalue weighted by molar-refractivity contribution is 6.04. The maximum Gasteiger partial charge on any atom is 0.255 e. The first-order valence-electron chi connectivity index (χ1n) is 11.6. The number of hydrogen-bond donors (Lipinski definition) is 1. The number of nitrogens with zero attached hydrogens (tertiary/aromatic N) is 2. The zero-order chi connectivity index (χ0) is 23.6. The van der Waals surface area contributed by atoms with E-state index in [9.17, 15) is 4.79 Å². The van der Waals surface area contributed by atoms with Crippen LogP contribution in [0.2, 0.25) is 0 Å². The molecule has 6 rings (SSSR count). The van der Waals surface area contributed by atoms with E-state index in [0.29, 0.717) is 17.1 Å². The number of carbonyl (C=O) groups is 1. The number of imidazole rings is 1. The lowest BCUT2D eigenvalue weighted by atomic mass is 10.1. The summed E-state index contributed by atoms with van der Waals surface area (Å²) in [6.45, 7) is 0.184. The maximum absolute atomic E-state index is 12.6. The molecule has 0 saturated heterocycles. The number of fused-ring (bicyclic) bond motifs is 2. The number of benzene rings is 4. The van der Waals surface area contributed by atoms with Crippen LogP contribution in [0.25, 0.3) is 16.7 Å². The molecule has 6 nitrogen and oxygen atoms in total. The Kier molecular flexibility index (Phi) is 5.39. The summed E-state index contributed by atoms with van der Waals surface area (Å²) in [6.07, 6.45) is 1.64. The number of anilines is 1. The van der Waals surface area contributed by atoms with E-state index >= 15 is 0 Å². The SMILES string of the molecule is O=C(Nc1ccc(CCc2nc3ccccc3n2-c2ccccc2)cc1)c1ccc2c(c1)OCO2. The molecule has 0 spiro atoms. The second-order valence-electron chi connectivity index (χ2n) is 8.41. The van der Waals surface area contributed by atoms with Gasteiger partial charge in [-0.15, -0.1) is 0 Å². The molecule has 0 bridgehead atoms. The molecule has 2 heterocycles. The van der Waals surface area contributed by atoms with Gasteiger partial charge >= 0.3 is 0 Å². The number of carbonyl (C=O) groups excluding carboxylic acids is 1. The van der Waals surface area contributed by atoms with Crippen molar-refractivity contribution in [2.24, 2.45) is 0 Å². The predicted molar refractivity (Wildman–Crippen MR) is 135 cm³/mol. The summed E-state index contributed by atoms with van der Waals surface area (Å²) >= 11 is 0. The third-order valence-electron chi connectivity index (χ3n) is 6.13. The second-order valence-corrected chi connectivity index (χ2v) is 8.41. The van der Waals surface area contributed by atoms with E-state index in [4.69, 9.17) is 14.5 Å². The van der Waals surface area contributed by atoms with E-state index in [-0.39, 0.29) is 12.7 Å². The highest BCUT2D eigenvalue weighted by Crippen LogP contribution is 2.32. The fourth-order valence-corrected chi connectivity index (χ4v) is 4.36. The molecule has 35 heavy (non-hydrogen) atoms. The Bertz CT molecular complexity index is 1510. The van der Waals surface area contributed by atoms with Crippen LogP contribution >= 0.6 is 0 Å². The number of amides is 1. The van der Waals surface area contributed by atoms with Crippen LogP contribution in [-0.2, 0) is 12.8 Å². The van der Waals surface area contributed by atoms with E-state index in [0.717, 1.165) is 41.1 Å². The molecule has 0 aliphatic carbocycles. The van der Waals surface area contributed by atoms with Gasteiger partial charge in [-0.25, -0.2) is 4.98 Å². The van der Waals surface area contributed by atoms with Gasteiger partial charge in [0.1, 0.15) is 5.82 Å². The van der Waals surface area contributed by atoms with Crippen LogP contribution in [0.4, 0.5) is 5.69 Å². The van der Waals surface area contributed by atoms with E-state index in [1.807, 2.05) is 54.6 Å². The summed E-state index contributed by atoms with van der Waals surface area (Å²) in [5, 5.41) is 2.95. The summed E-state index contributed by atoms with van der Waals surface area (Å²) < 4.78 is 12.9. The van der Waals surface area contributed by atoms with Crippen LogP contribution in [0, 0.1) is 0 Å².